The Balaban J connectivity index is 1.12. The summed E-state index contributed by atoms with van der Waals surface area (Å²) in [5, 5.41) is 6.22. The van der Waals surface area contributed by atoms with Gasteiger partial charge >= 0.3 is 0 Å². The minimum Gasteiger partial charge on any atom is -0.368 e. The maximum atomic E-state index is 14.2. The van der Waals surface area contributed by atoms with E-state index in [1.807, 2.05) is 17.0 Å². The van der Waals surface area contributed by atoms with Gasteiger partial charge in [-0.25, -0.2) is 8.91 Å². The van der Waals surface area contributed by atoms with Crippen LogP contribution in [0.1, 0.15) is 65.9 Å². The molecule has 1 saturated carbocycles. The lowest BCUT2D eigenvalue weighted by atomic mass is 9.89. The van der Waals surface area contributed by atoms with Crippen LogP contribution in [-0.4, -0.2) is 86.9 Å². The van der Waals surface area contributed by atoms with Crippen molar-refractivity contribution in [3.63, 3.8) is 0 Å². The van der Waals surface area contributed by atoms with Crippen molar-refractivity contribution in [2.45, 2.75) is 76.2 Å². The highest BCUT2D eigenvalue weighted by Crippen LogP contribution is 2.41. The number of amides is 2. The summed E-state index contributed by atoms with van der Waals surface area (Å²) in [4.78, 5) is 29.9. The Morgan fingerprint density at radius 1 is 1.04 bits per heavy atom. The van der Waals surface area contributed by atoms with Gasteiger partial charge in [0.2, 0.25) is 0 Å². The Labute approximate surface area is 262 Å². The number of benzene rings is 1. The molecule has 3 aromatic heterocycles. The molecule has 3 aliphatic heterocycles. The number of nitrogens with two attached hydrogens (primary N) is 1. The molecule has 0 bridgehead atoms. The summed E-state index contributed by atoms with van der Waals surface area (Å²) in [6.45, 7) is 5.55. The molecule has 1 aromatic carbocycles. The van der Waals surface area contributed by atoms with Gasteiger partial charge in [-0.1, -0.05) is 18.2 Å². The van der Waals surface area contributed by atoms with Crippen molar-refractivity contribution in [3.8, 4) is 11.4 Å². The third kappa shape index (κ3) is 5.21. The second kappa shape index (κ2) is 11.2. The highest BCUT2D eigenvalue weighted by Gasteiger charge is 2.38. The maximum Gasteiger partial charge on any atom is 0.255 e. The molecule has 1 aliphatic carbocycles. The summed E-state index contributed by atoms with van der Waals surface area (Å²) in [7, 11) is 0. The van der Waals surface area contributed by atoms with Crippen LogP contribution >= 0.6 is 0 Å². The fraction of sp³-hybridized carbons (Fsp3) is 0.514. The molecule has 2 amide bonds. The molecule has 45 heavy (non-hydrogen) atoms. The molecule has 6 heterocycles. The van der Waals surface area contributed by atoms with Crippen LogP contribution < -0.4 is 5.73 Å². The second-order valence-electron chi connectivity index (χ2n) is 13.7. The van der Waals surface area contributed by atoms with E-state index in [1.54, 1.807) is 10.7 Å². The number of carbonyl (C=O) groups excluding carboxylic acids is 2. The third-order valence-corrected chi connectivity index (χ3v) is 10.3. The number of piperidine rings is 1. The number of alkyl halides is 1. The lowest BCUT2D eigenvalue weighted by Gasteiger charge is -2.42. The molecular weight excluding hydrogens is 571 g/mol. The van der Waals surface area contributed by atoms with Gasteiger partial charge < -0.3 is 24.8 Å². The summed E-state index contributed by atoms with van der Waals surface area (Å²) in [5.41, 5.74) is 13.0. The van der Waals surface area contributed by atoms with Gasteiger partial charge in [0.1, 0.15) is 18.0 Å². The number of likely N-dealkylation sites (tertiary alicyclic amines) is 2. The fourth-order valence-corrected chi connectivity index (χ4v) is 7.59. The Morgan fingerprint density at radius 3 is 2.64 bits per heavy atom. The predicted octanol–water partition coefficient (Wildman–Crippen LogP) is 4.68. The van der Waals surface area contributed by atoms with Crippen molar-refractivity contribution in [2.75, 3.05) is 32.8 Å². The van der Waals surface area contributed by atoms with Crippen molar-refractivity contribution in [1.82, 2.24) is 24.0 Å². The number of nitrogens with zero attached hydrogens (tertiary/aromatic N) is 5. The number of ether oxygens (including phenoxy) is 1. The van der Waals surface area contributed by atoms with E-state index in [9.17, 15) is 14.0 Å². The Kier molecular flexibility index (Phi) is 7.17. The van der Waals surface area contributed by atoms with Crippen molar-refractivity contribution >= 4 is 28.2 Å². The summed E-state index contributed by atoms with van der Waals surface area (Å²) in [6.07, 6.45) is 6.02. The highest BCUT2D eigenvalue weighted by molar-refractivity contribution is 5.95. The lowest BCUT2D eigenvalue weighted by molar-refractivity contribution is -0.151. The van der Waals surface area contributed by atoms with Crippen molar-refractivity contribution in [1.29, 1.82) is 0 Å². The van der Waals surface area contributed by atoms with E-state index in [0.29, 0.717) is 24.6 Å². The van der Waals surface area contributed by atoms with Crippen LogP contribution in [0.15, 0.2) is 42.6 Å². The number of halogens is 1. The largest absolute Gasteiger partial charge is 0.368 e. The van der Waals surface area contributed by atoms with Crippen LogP contribution in [0, 0.1) is 12.8 Å². The molecule has 4 aliphatic rings. The van der Waals surface area contributed by atoms with Crippen LogP contribution in [0.4, 0.5) is 4.39 Å². The molecule has 4 aromatic rings. The van der Waals surface area contributed by atoms with Gasteiger partial charge in [-0.3, -0.25) is 9.59 Å². The average molecular weight is 613 g/mol. The fourth-order valence-electron chi connectivity index (χ4n) is 7.59. The van der Waals surface area contributed by atoms with Gasteiger partial charge in [0.05, 0.1) is 28.8 Å². The summed E-state index contributed by atoms with van der Waals surface area (Å²) in [6, 6.07) is 12.2. The maximum absolute atomic E-state index is 14.2. The van der Waals surface area contributed by atoms with Crippen LogP contribution in [-0.2, 0) is 16.1 Å². The van der Waals surface area contributed by atoms with E-state index in [4.69, 9.17) is 15.6 Å². The monoisotopic (exact) mass is 612 g/mol. The predicted molar refractivity (Wildman–Crippen MR) is 170 cm³/mol. The Hall–Kier alpha value is -3.76. The molecule has 1 unspecified atom stereocenters. The SMILES string of the molecule is Cc1c(-c2cc3cccc(C4CN(C(=O)C5CCCCO5)C4)c3n2CC2CC2)nn2cc(C(=O)N3C[C@H](N)C[C@@H](F)C3)ccc12. The zero-order valence-corrected chi connectivity index (χ0v) is 25.8. The van der Waals surface area contributed by atoms with Crippen LogP contribution in [0.3, 0.4) is 0 Å². The highest BCUT2D eigenvalue weighted by atomic mass is 19.1. The summed E-state index contributed by atoms with van der Waals surface area (Å²) >= 11 is 0. The molecule has 10 heteroatoms. The van der Waals surface area contributed by atoms with Crippen LogP contribution in [0.25, 0.3) is 27.8 Å². The number of para-hydroxylation sites is 1. The molecule has 8 rings (SSSR count). The zero-order chi connectivity index (χ0) is 30.8. The molecular formula is C35H41FN6O3. The van der Waals surface area contributed by atoms with Gasteiger partial charge in [0, 0.05) is 61.9 Å². The first-order chi connectivity index (χ1) is 21.8. The molecule has 4 fully saturated rings. The van der Waals surface area contributed by atoms with Crippen LogP contribution in [0.2, 0.25) is 0 Å². The number of rotatable bonds is 6. The first-order valence-corrected chi connectivity index (χ1v) is 16.5. The number of fused-ring (bicyclic) bond motifs is 2. The van der Waals surface area contributed by atoms with Crippen molar-refractivity contribution < 1.29 is 18.7 Å². The first-order valence-electron chi connectivity index (χ1n) is 16.5. The standard InChI is InChI=1S/C35H41FN6O3/c1-21-29-11-10-24(34(43)40-19-26(36)14-27(37)20-40)18-42(29)38-32(21)30-13-23-5-4-6-28(33(23)41(30)15-22-8-9-22)25-16-39(17-25)35(44)31-7-2-3-12-45-31/h4-6,10-11,13,18,22,25-27,31H,2-3,7-9,12,14-17,19-20,37H2,1H3/t26-,27-,31?/m1/s1. The smallest absolute Gasteiger partial charge is 0.255 e. The van der Waals surface area contributed by atoms with E-state index >= 15 is 0 Å². The number of aromatic nitrogens is 3. The average Bonchev–Trinajstić information content (AvgIpc) is 3.68. The molecule has 3 saturated heterocycles. The number of hydrogen-bond donors (Lipinski definition) is 1. The van der Waals surface area contributed by atoms with Crippen LogP contribution in [0.5, 0.6) is 0 Å². The van der Waals surface area contributed by atoms with E-state index in [2.05, 4.69) is 35.8 Å². The molecule has 0 radical (unpaired) electrons. The Morgan fingerprint density at radius 2 is 1.89 bits per heavy atom. The molecule has 236 valence electrons. The lowest BCUT2D eigenvalue weighted by Crippen LogP contribution is -2.53. The molecule has 3 atom stereocenters. The van der Waals surface area contributed by atoms with Gasteiger partial charge in [0.15, 0.2) is 0 Å². The number of aryl methyl sites for hydroxylation is 1. The topological polar surface area (TPSA) is 98.1 Å². The quantitative estimate of drug-likeness (QED) is 0.341. The van der Waals surface area contributed by atoms with Crippen molar-refractivity contribution in [3.05, 3.63) is 59.3 Å². The zero-order valence-electron chi connectivity index (χ0n) is 25.8. The third-order valence-electron chi connectivity index (χ3n) is 10.3. The van der Waals surface area contributed by atoms with Crippen molar-refractivity contribution in [2.24, 2.45) is 11.7 Å². The summed E-state index contributed by atoms with van der Waals surface area (Å²) < 4.78 is 24.2. The number of carbonyl (C=O) groups is 2. The van der Waals surface area contributed by atoms with E-state index in [-0.39, 0.29) is 42.8 Å². The van der Waals surface area contributed by atoms with E-state index in [1.165, 1.54) is 34.2 Å². The second-order valence-corrected chi connectivity index (χ2v) is 13.7. The molecule has 0 spiro atoms. The van der Waals surface area contributed by atoms with Gasteiger partial charge in [-0.2, -0.15) is 5.10 Å². The van der Waals surface area contributed by atoms with E-state index in [0.717, 1.165) is 61.4 Å². The minimum absolute atomic E-state index is 0.0683. The summed E-state index contributed by atoms with van der Waals surface area (Å²) in [5.74, 6) is 0.842. The van der Waals surface area contributed by atoms with Gasteiger partial charge in [-0.05, 0) is 75.1 Å². The number of hydrogen-bond acceptors (Lipinski definition) is 5. The Bertz CT molecular complexity index is 1770. The molecule has 2 N–H and O–H groups in total. The number of pyridine rings is 1. The minimum atomic E-state index is -1.10. The molecule has 9 nitrogen and oxygen atoms in total. The van der Waals surface area contributed by atoms with Gasteiger partial charge in [-0.15, -0.1) is 0 Å². The van der Waals surface area contributed by atoms with Gasteiger partial charge in [0.25, 0.3) is 11.8 Å². The first kappa shape index (κ1) is 28.7. The normalized spacial score (nSPS) is 24.4. The van der Waals surface area contributed by atoms with E-state index < -0.39 is 6.17 Å².